The Morgan fingerprint density at radius 3 is 2.39 bits per heavy atom. The normalized spacial score (nSPS) is 12.4. The van der Waals surface area contributed by atoms with Crippen LogP contribution in [0, 0.1) is 6.92 Å². The second-order valence-electron chi connectivity index (χ2n) is 4.80. The first-order chi connectivity index (χ1) is 8.69. The van der Waals surface area contributed by atoms with Crippen molar-refractivity contribution in [1.29, 1.82) is 0 Å². The molecule has 94 valence electrons. The monoisotopic (exact) mass is 240 g/mol. The molecule has 1 unspecified atom stereocenters. The van der Waals surface area contributed by atoms with Gasteiger partial charge < -0.3 is 5.11 Å². The standard InChI is InChI=1S/C17H20O/c1-3-14-5-4-6-16(11-14)17(18)12-15-9-7-13(2)8-10-15/h4-11,17-18H,3,12H2,1-2H3. The summed E-state index contributed by atoms with van der Waals surface area (Å²) in [7, 11) is 0. The van der Waals surface area contributed by atoms with E-state index < -0.39 is 6.10 Å². The fourth-order valence-corrected chi connectivity index (χ4v) is 2.09. The zero-order valence-electron chi connectivity index (χ0n) is 11.1. The second kappa shape index (κ2) is 5.83. The van der Waals surface area contributed by atoms with Crippen LogP contribution < -0.4 is 0 Å². The lowest BCUT2D eigenvalue weighted by Crippen LogP contribution is -2.02. The van der Waals surface area contributed by atoms with Crippen LogP contribution in [-0.4, -0.2) is 5.11 Å². The van der Waals surface area contributed by atoms with Gasteiger partial charge in [0, 0.05) is 6.42 Å². The van der Waals surface area contributed by atoms with Crippen molar-refractivity contribution in [3.05, 3.63) is 70.8 Å². The lowest BCUT2D eigenvalue weighted by Gasteiger charge is -2.12. The Morgan fingerprint density at radius 2 is 1.72 bits per heavy atom. The molecule has 0 spiro atoms. The number of rotatable bonds is 4. The molecule has 2 aromatic rings. The predicted octanol–water partition coefficient (Wildman–Crippen LogP) is 3.83. The van der Waals surface area contributed by atoms with Gasteiger partial charge in [0.05, 0.1) is 6.10 Å². The minimum absolute atomic E-state index is 0.417. The quantitative estimate of drug-likeness (QED) is 0.861. The van der Waals surface area contributed by atoms with Gasteiger partial charge in [-0.1, -0.05) is 61.0 Å². The highest BCUT2D eigenvalue weighted by molar-refractivity contribution is 5.28. The van der Waals surface area contributed by atoms with Gasteiger partial charge in [0.1, 0.15) is 0 Å². The molecule has 0 radical (unpaired) electrons. The van der Waals surface area contributed by atoms with Gasteiger partial charge in [-0.05, 0) is 30.0 Å². The molecular formula is C17H20O. The highest BCUT2D eigenvalue weighted by Crippen LogP contribution is 2.19. The maximum Gasteiger partial charge on any atom is 0.0830 e. The van der Waals surface area contributed by atoms with Crippen molar-refractivity contribution in [3.63, 3.8) is 0 Å². The average molecular weight is 240 g/mol. The van der Waals surface area contributed by atoms with E-state index in [0.29, 0.717) is 6.42 Å². The molecular weight excluding hydrogens is 220 g/mol. The summed E-state index contributed by atoms with van der Waals surface area (Å²) in [5, 5.41) is 10.3. The summed E-state index contributed by atoms with van der Waals surface area (Å²) < 4.78 is 0. The zero-order chi connectivity index (χ0) is 13.0. The number of aliphatic hydroxyl groups is 1. The van der Waals surface area contributed by atoms with Gasteiger partial charge in [-0.15, -0.1) is 0 Å². The molecule has 1 nitrogen and oxygen atoms in total. The van der Waals surface area contributed by atoms with Gasteiger partial charge in [-0.25, -0.2) is 0 Å². The van der Waals surface area contributed by atoms with Crippen LogP contribution >= 0.6 is 0 Å². The molecule has 0 fully saturated rings. The molecule has 18 heavy (non-hydrogen) atoms. The molecule has 2 rings (SSSR count). The van der Waals surface area contributed by atoms with Gasteiger partial charge in [0.15, 0.2) is 0 Å². The van der Waals surface area contributed by atoms with E-state index in [1.54, 1.807) is 0 Å². The van der Waals surface area contributed by atoms with E-state index in [0.717, 1.165) is 12.0 Å². The smallest absolute Gasteiger partial charge is 0.0830 e. The molecule has 0 aliphatic carbocycles. The van der Waals surface area contributed by atoms with Gasteiger partial charge in [0.25, 0.3) is 0 Å². The van der Waals surface area contributed by atoms with Crippen molar-refractivity contribution in [2.75, 3.05) is 0 Å². The number of hydrogen-bond donors (Lipinski definition) is 1. The highest BCUT2D eigenvalue weighted by atomic mass is 16.3. The van der Waals surface area contributed by atoms with Crippen LogP contribution in [0.4, 0.5) is 0 Å². The summed E-state index contributed by atoms with van der Waals surface area (Å²) in [5.41, 5.74) is 4.71. The summed E-state index contributed by atoms with van der Waals surface area (Å²) >= 11 is 0. The molecule has 0 aliphatic rings. The topological polar surface area (TPSA) is 20.2 Å². The summed E-state index contributed by atoms with van der Waals surface area (Å²) in [6.45, 7) is 4.20. The SMILES string of the molecule is CCc1cccc(C(O)Cc2ccc(C)cc2)c1. The Hall–Kier alpha value is -1.60. The van der Waals surface area contributed by atoms with Crippen molar-refractivity contribution in [3.8, 4) is 0 Å². The van der Waals surface area contributed by atoms with Crippen LogP contribution in [0.1, 0.15) is 35.3 Å². The summed E-state index contributed by atoms with van der Waals surface area (Å²) in [6, 6.07) is 16.6. The van der Waals surface area contributed by atoms with Crippen molar-refractivity contribution in [2.45, 2.75) is 32.8 Å². The molecule has 0 bridgehead atoms. The van der Waals surface area contributed by atoms with Crippen molar-refractivity contribution < 1.29 is 5.11 Å². The molecule has 1 atom stereocenters. The molecule has 0 saturated heterocycles. The van der Waals surface area contributed by atoms with Crippen molar-refractivity contribution in [1.82, 2.24) is 0 Å². The summed E-state index contributed by atoms with van der Waals surface area (Å²) in [4.78, 5) is 0. The third kappa shape index (κ3) is 3.21. The first kappa shape index (κ1) is 12.8. The number of aryl methyl sites for hydroxylation is 2. The molecule has 0 amide bonds. The fourth-order valence-electron chi connectivity index (χ4n) is 2.09. The number of benzene rings is 2. The lowest BCUT2D eigenvalue weighted by molar-refractivity contribution is 0.178. The molecule has 2 aromatic carbocycles. The van der Waals surface area contributed by atoms with E-state index in [1.807, 2.05) is 12.1 Å². The molecule has 0 heterocycles. The van der Waals surface area contributed by atoms with Crippen molar-refractivity contribution in [2.24, 2.45) is 0 Å². The minimum atomic E-state index is -0.417. The first-order valence-electron chi connectivity index (χ1n) is 6.51. The Labute approximate surface area is 109 Å². The van der Waals surface area contributed by atoms with Crippen LogP contribution in [-0.2, 0) is 12.8 Å². The number of aliphatic hydroxyl groups excluding tert-OH is 1. The van der Waals surface area contributed by atoms with E-state index in [4.69, 9.17) is 0 Å². The molecule has 0 saturated carbocycles. The highest BCUT2D eigenvalue weighted by Gasteiger charge is 2.08. The largest absolute Gasteiger partial charge is 0.388 e. The predicted molar refractivity (Wildman–Crippen MR) is 75.7 cm³/mol. The van der Waals surface area contributed by atoms with E-state index in [1.165, 1.54) is 16.7 Å². The molecule has 0 aliphatic heterocycles. The van der Waals surface area contributed by atoms with Crippen molar-refractivity contribution >= 4 is 0 Å². The van der Waals surface area contributed by atoms with E-state index in [9.17, 15) is 5.11 Å². The lowest BCUT2D eigenvalue weighted by atomic mass is 9.99. The molecule has 1 N–H and O–H groups in total. The Bertz CT molecular complexity index is 499. The van der Waals surface area contributed by atoms with Crippen LogP contribution in [0.5, 0.6) is 0 Å². The van der Waals surface area contributed by atoms with Crippen LogP contribution in [0.2, 0.25) is 0 Å². The van der Waals surface area contributed by atoms with Gasteiger partial charge in [0.2, 0.25) is 0 Å². The van der Waals surface area contributed by atoms with Crippen LogP contribution in [0.15, 0.2) is 48.5 Å². The van der Waals surface area contributed by atoms with Crippen LogP contribution in [0.3, 0.4) is 0 Å². The molecule has 1 heteroatoms. The first-order valence-corrected chi connectivity index (χ1v) is 6.51. The Morgan fingerprint density at radius 1 is 1.00 bits per heavy atom. The Kier molecular flexibility index (Phi) is 4.16. The summed E-state index contributed by atoms with van der Waals surface area (Å²) in [6.07, 6.45) is 1.26. The zero-order valence-corrected chi connectivity index (χ0v) is 11.1. The maximum absolute atomic E-state index is 10.3. The van der Waals surface area contributed by atoms with Gasteiger partial charge in [-0.2, -0.15) is 0 Å². The van der Waals surface area contributed by atoms with E-state index in [-0.39, 0.29) is 0 Å². The van der Waals surface area contributed by atoms with E-state index >= 15 is 0 Å². The average Bonchev–Trinajstić information content (AvgIpc) is 2.41. The maximum atomic E-state index is 10.3. The van der Waals surface area contributed by atoms with Gasteiger partial charge in [-0.3, -0.25) is 0 Å². The van der Waals surface area contributed by atoms with E-state index in [2.05, 4.69) is 50.2 Å². The Balaban J connectivity index is 2.11. The second-order valence-corrected chi connectivity index (χ2v) is 4.80. The van der Waals surface area contributed by atoms with Crippen LogP contribution in [0.25, 0.3) is 0 Å². The van der Waals surface area contributed by atoms with Gasteiger partial charge >= 0.3 is 0 Å². The third-order valence-corrected chi connectivity index (χ3v) is 3.29. The fraction of sp³-hybridized carbons (Fsp3) is 0.294. The third-order valence-electron chi connectivity index (χ3n) is 3.29. The number of hydrogen-bond acceptors (Lipinski definition) is 1. The molecule has 0 aromatic heterocycles. The summed E-state index contributed by atoms with van der Waals surface area (Å²) in [5.74, 6) is 0. The minimum Gasteiger partial charge on any atom is -0.388 e.